The Labute approximate surface area is 264 Å². The number of amides is 2. The Morgan fingerprint density at radius 3 is 2.60 bits per heavy atom. The highest BCUT2D eigenvalue weighted by Crippen LogP contribution is 2.33. The molecule has 0 bridgehead atoms. The van der Waals surface area contributed by atoms with Gasteiger partial charge in [0.25, 0.3) is 0 Å². The van der Waals surface area contributed by atoms with Crippen LogP contribution in [0.25, 0.3) is 23.2 Å². The molecule has 1 atom stereocenters. The van der Waals surface area contributed by atoms with Crippen molar-refractivity contribution >= 4 is 34.7 Å². The molecule has 2 heterocycles. The number of hydrogen-bond acceptors (Lipinski definition) is 5. The molecule has 5 rings (SSSR count). The summed E-state index contributed by atoms with van der Waals surface area (Å²) in [6, 6.07) is 18.7. The van der Waals surface area contributed by atoms with E-state index in [0.717, 1.165) is 34.7 Å². The highest BCUT2D eigenvalue weighted by molar-refractivity contribution is 8.14. The number of aromatic nitrogens is 3. The minimum absolute atomic E-state index is 0.280. The molecule has 1 unspecified atom stereocenters. The molecular weight excluding hydrogens is 601 g/mol. The summed E-state index contributed by atoms with van der Waals surface area (Å²) in [5.74, 6) is 1.34. The predicted molar refractivity (Wildman–Crippen MR) is 173 cm³/mol. The lowest BCUT2D eigenvalue weighted by Gasteiger charge is -2.23. The van der Waals surface area contributed by atoms with Gasteiger partial charge in [-0.25, -0.2) is 14.5 Å². The lowest BCUT2D eigenvalue weighted by Crippen LogP contribution is -2.32. The molecule has 12 heteroatoms. The minimum Gasteiger partial charge on any atom is -0.406 e. The molecule has 0 spiro atoms. The SMILES string of the molecule is Cc1ccc(C(C)C)c(N2CCSC2=NC(=O)NC(C)C=Cc2cccc(-c3ncn(-c4ccc(OC(F)(F)F)cc4)n3)c2)c1. The topological polar surface area (TPSA) is 84.6 Å². The van der Waals surface area contributed by atoms with Crippen molar-refractivity contribution in [1.29, 1.82) is 0 Å². The number of nitrogens with one attached hydrogen (secondary N) is 1. The van der Waals surface area contributed by atoms with Gasteiger partial charge >= 0.3 is 12.4 Å². The molecule has 1 N–H and O–H groups in total. The van der Waals surface area contributed by atoms with Crippen LogP contribution in [0, 0.1) is 6.92 Å². The molecule has 3 aromatic carbocycles. The molecule has 2 amide bonds. The first-order valence-corrected chi connectivity index (χ1v) is 15.4. The van der Waals surface area contributed by atoms with Crippen molar-refractivity contribution in [3.8, 4) is 22.8 Å². The number of rotatable bonds is 8. The summed E-state index contributed by atoms with van der Waals surface area (Å²) >= 11 is 1.58. The van der Waals surface area contributed by atoms with Crippen LogP contribution < -0.4 is 15.0 Å². The van der Waals surface area contributed by atoms with Gasteiger partial charge in [0.05, 0.1) is 5.69 Å². The maximum Gasteiger partial charge on any atom is 0.573 e. The molecular formula is C33H33F3N6O2S. The molecule has 1 aromatic heterocycles. The first-order valence-electron chi connectivity index (χ1n) is 14.4. The highest BCUT2D eigenvalue weighted by atomic mass is 32.2. The van der Waals surface area contributed by atoms with Gasteiger partial charge in [-0.3, -0.25) is 0 Å². The second-order valence-corrected chi connectivity index (χ2v) is 12.0. The van der Waals surface area contributed by atoms with Crippen LogP contribution in [0.1, 0.15) is 43.4 Å². The number of hydrogen-bond donors (Lipinski definition) is 1. The molecule has 0 aliphatic carbocycles. The number of aliphatic imine (C=N–C) groups is 1. The smallest absolute Gasteiger partial charge is 0.406 e. The summed E-state index contributed by atoms with van der Waals surface area (Å²) in [6.45, 7) is 9.06. The van der Waals surface area contributed by atoms with Crippen molar-refractivity contribution in [2.45, 2.75) is 46.0 Å². The molecule has 0 radical (unpaired) electrons. The normalized spacial score (nSPS) is 15.3. The van der Waals surface area contributed by atoms with Crippen LogP contribution in [0.15, 0.2) is 84.1 Å². The van der Waals surface area contributed by atoms with E-state index < -0.39 is 12.4 Å². The third-order valence-electron chi connectivity index (χ3n) is 6.97. The van der Waals surface area contributed by atoms with E-state index in [-0.39, 0.29) is 11.8 Å². The summed E-state index contributed by atoms with van der Waals surface area (Å²) in [7, 11) is 0. The number of urea groups is 1. The molecule has 0 saturated carbocycles. The fourth-order valence-electron chi connectivity index (χ4n) is 4.81. The summed E-state index contributed by atoms with van der Waals surface area (Å²) < 4.78 is 42.7. The minimum atomic E-state index is -4.75. The molecule has 1 saturated heterocycles. The zero-order chi connectivity index (χ0) is 32.1. The van der Waals surface area contributed by atoms with E-state index in [4.69, 9.17) is 0 Å². The summed E-state index contributed by atoms with van der Waals surface area (Å²) in [6.07, 6.45) is 0.513. The zero-order valence-corrected chi connectivity index (χ0v) is 26.1. The summed E-state index contributed by atoms with van der Waals surface area (Å²) in [5.41, 5.74) is 5.66. The van der Waals surface area contributed by atoms with Gasteiger partial charge in [0.2, 0.25) is 0 Å². The first kappa shape index (κ1) is 31.8. The van der Waals surface area contributed by atoms with Crippen LogP contribution in [0.4, 0.5) is 23.7 Å². The second-order valence-electron chi connectivity index (χ2n) is 10.9. The predicted octanol–water partition coefficient (Wildman–Crippen LogP) is 7.99. The molecule has 1 aliphatic rings. The summed E-state index contributed by atoms with van der Waals surface area (Å²) in [5, 5.41) is 8.09. The first-order chi connectivity index (χ1) is 21.4. The van der Waals surface area contributed by atoms with Crippen molar-refractivity contribution < 1.29 is 22.7 Å². The number of carbonyl (C=O) groups is 1. The average molecular weight is 635 g/mol. The number of benzene rings is 3. The number of ether oxygens (including phenoxy) is 1. The van der Waals surface area contributed by atoms with Crippen LogP contribution in [-0.2, 0) is 0 Å². The lowest BCUT2D eigenvalue weighted by molar-refractivity contribution is -0.274. The Morgan fingerprint density at radius 2 is 1.87 bits per heavy atom. The molecule has 1 fully saturated rings. The van der Waals surface area contributed by atoms with Gasteiger partial charge in [-0.1, -0.05) is 68.1 Å². The maximum absolute atomic E-state index is 12.9. The Hall–Kier alpha value is -4.58. The molecule has 8 nitrogen and oxygen atoms in total. The van der Waals surface area contributed by atoms with Crippen molar-refractivity contribution in [2.75, 3.05) is 17.2 Å². The lowest BCUT2D eigenvalue weighted by atomic mass is 9.99. The van der Waals surface area contributed by atoms with Crippen LogP contribution >= 0.6 is 11.8 Å². The van der Waals surface area contributed by atoms with Gasteiger partial charge in [0.15, 0.2) is 11.0 Å². The number of thioether (sulfide) groups is 1. The Morgan fingerprint density at radius 1 is 1.09 bits per heavy atom. The number of aryl methyl sites for hydroxylation is 1. The number of carbonyl (C=O) groups excluding carboxylic acids is 1. The molecule has 1 aliphatic heterocycles. The monoisotopic (exact) mass is 634 g/mol. The molecule has 45 heavy (non-hydrogen) atoms. The van der Waals surface area contributed by atoms with Gasteiger partial charge < -0.3 is 15.0 Å². The van der Waals surface area contributed by atoms with Crippen molar-refractivity contribution in [3.63, 3.8) is 0 Å². The number of amidine groups is 1. The molecule has 234 valence electrons. The number of anilines is 1. The van der Waals surface area contributed by atoms with Gasteiger partial charge in [0.1, 0.15) is 12.1 Å². The fraction of sp³-hybridized carbons (Fsp3) is 0.273. The van der Waals surface area contributed by atoms with Crippen LogP contribution in [0.3, 0.4) is 0 Å². The van der Waals surface area contributed by atoms with E-state index in [2.05, 4.69) is 69.0 Å². The average Bonchev–Trinajstić information content (AvgIpc) is 3.66. The van der Waals surface area contributed by atoms with E-state index in [0.29, 0.717) is 22.6 Å². The Kier molecular flexibility index (Phi) is 9.62. The third kappa shape index (κ3) is 8.33. The van der Waals surface area contributed by atoms with Gasteiger partial charge in [-0.2, -0.15) is 4.99 Å². The van der Waals surface area contributed by atoms with Crippen molar-refractivity contribution in [1.82, 2.24) is 20.1 Å². The number of alkyl halides is 3. The van der Waals surface area contributed by atoms with E-state index in [1.165, 1.54) is 40.8 Å². The van der Waals surface area contributed by atoms with E-state index in [1.807, 2.05) is 43.3 Å². The fourth-order valence-corrected chi connectivity index (χ4v) is 5.76. The van der Waals surface area contributed by atoms with Crippen molar-refractivity contribution in [3.05, 3.63) is 95.8 Å². The second kappa shape index (κ2) is 13.6. The zero-order valence-electron chi connectivity index (χ0n) is 25.2. The van der Waals surface area contributed by atoms with E-state index >= 15 is 0 Å². The van der Waals surface area contributed by atoms with E-state index in [1.54, 1.807) is 11.8 Å². The number of nitrogens with zero attached hydrogens (tertiary/aromatic N) is 5. The standard InChI is InChI=1S/C33H33F3N6O2S/c1-21(2)28-15-8-22(3)18-29(28)41-16-17-45-32(41)39-31(43)38-23(4)9-10-24-6-5-7-25(19-24)30-37-20-42(40-30)26-11-13-27(14-12-26)44-33(34,35)36/h5-15,18-21,23H,16-17H2,1-4H3,(H,38,43). The maximum atomic E-state index is 12.9. The van der Waals surface area contributed by atoms with Crippen LogP contribution in [0.2, 0.25) is 0 Å². The Bertz CT molecular complexity index is 1720. The number of halogens is 3. The van der Waals surface area contributed by atoms with Crippen LogP contribution in [0.5, 0.6) is 5.75 Å². The highest BCUT2D eigenvalue weighted by Gasteiger charge is 2.31. The summed E-state index contributed by atoms with van der Waals surface area (Å²) in [4.78, 5) is 23.8. The van der Waals surface area contributed by atoms with E-state index in [9.17, 15) is 18.0 Å². The Balaban J connectivity index is 1.22. The van der Waals surface area contributed by atoms with Gasteiger partial charge in [-0.05, 0) is 72.9 Å². The van der Waals surface area contributed by atoms with Gasteiger partial charge in [0, 0.05) is 29.6 Å². The van der Waals surface area contributed by atoms with Crippen molar-refractivity contribution in [2.24, 2.45) is 4.99 Å². The quantitative estimate of drug-likeness (QED) is 0.212. The molecule has 4 aromatic rings. The van der Waals surface area contributed by atoms with Gasteiger partial charge in [-0.15, -0.1) is 18.3 Å². The largest absolute Gasteiger partial charge is 0.573 e. The third-order valence-corrected chi connectivity index (χ3v) is 7.93. The van der Waals surface area contributed by atoms with Crippen LogP contribution in [-0.4, -0.2) is 50.7 Å².